The highest BCUT2D eigenvalue weighted by Gasteiger charge is 2.29. The first-order chi connectivity index (χ1) is 6.44. The fraction of sp³-hybridized carbons (Fsp3) is 1.00. The van der Waals surface area contributed by atoms with E-state index in [-0.39, 0.29) is 5.92 Å². The Morgan fingerprint density at radius 1 is 1.36 bits per heavy atom. The molecular weight excluding hydrogens is 178 g/mol. The van der Waals surface area contributed by atoms with Gasteiger partial charge in [0.2, 0.25) is 0 Å². The lowest BCUT2D eigenvalue weighted by atomic mass is 9.84. The molecule has 0 rings (SSSR count). The van der Waals surface area contributed by atoms with Crippen molar-refractivity contribution in [3.8, 4) is 0 Å². The third kappa shape index (κ3) is 4.94. The van der Waals surface area contributed by atoms with Crippen molar-refractivity contribution in [2.75, 3.05) is 13.1 Å². The van der Waals surface area contributed by atoms with E-state index in [2.05, 4.69) is 12.2 Å². The lowest BCUT2D eigenvalue weighted by Crippen LogP contribution is -2.39. The maximum atomic E-state index is 10.1. The van der Waals surface area contributed by atoms with Gasteiger partial charge in [-0.25, -0.2) is 0 Å². The van der Waals surface area contributed by atoms with Crippen molar-refractivity contribution >= 4 is 0 Å². The molecule has 0 radical (unpaired) electrons. The van der Waals surface area contributed by atoms with Gasteiger partial charge in [0.15, 0.2) is 0 Å². The molecule has 0 saturated heterocycles. The van der Waals surface area contributed by atoms with Crippen molar-refractivity contribution in [2.24, 2.45) is 5.92 Å². The van der Waals surface area contributed by atoms with E-state index in [0.29, 0.717) is 13.0 Å². The highest BCUT2D eigenvalue weighted by molar-refractivity contribution is 4.82. The van der Waals surface area contributed by atoms with Crippen molar-refractivity contribution in [1.29, 1.82) is 0 Å². The minimum absolute atomic E-state index is 0.221. The second-order valence-electron chi connectivity index (χ2n) is 4.33. The first-order valence-corrected chi connectivity index (χ1v) is 5.55. The van der Waals surface area contributed by atoms with Crippen LogP contribution in [0.5, 0.6) is 0 Å². The van der Waals surface area contributed by atoms with E-state index < -0.39 is 11.7 Å². The zero-order valence-electron chi connectivity index (χ0n) is 9.88. The topological polar surface area (TPSA) is 52.5 Å². The SMILES string of the molecule is CCNC[C@H](O)C[C@](C)(O)[C@H](C)CC. The van der Waals surface area contributed by atoms with E-state index in [1.54, 1.807) is 6.92 Å². The fourth-order valence-electron chi connectivity index (χ4n) is 1.50. The summed E-state index contributed by atoms with van der Waals surface area (Å²) in [6.45, 7) is 9.28. The van der Waals surface area contributed by atoms with E-state index in [4.69, 9.17) is 0 Å². The third-order valence-electron chi connectivity index (χ3n) is 2.95. The van der Waals surface area contributed by atoms with Crippen LogP contribution in [0.25, 0.3) is 0 Å². The van der Waals surface area contributed by atoms with Crippen LogP contribution in [0.1, 0.15) is 40.5 Å². The van der Waals surface area contributed by atoms with Gasteiger partial charge in [-0.15, -0.1) is 0 Å². The number of hydrogen-bond donors (Lipinski definition) is 3. The van der Waals surface area contributed by atoms with Crippen molar-refractivity contribution < 1.29 is 10.2 Å². The molecule has 0 spiro atoms. The van der Waals surface area contributed by atoms with Crippen LogP contribution < -0.4 is 5.32 Å². The molecule has 0 fully saturated rings. The van der Waals surface area contributed by atoms with Gasteiger partial charge >= 0.3 is 0 Å². The van der Waals surface area contributed by atoms with Crippen LogP contribution in [0.4, 0.5) is 0 Å². The molecule has 0 aromatic rings. The predicted molar refractivity (Wildman–Crippen MR) is 59.2 cm³/mol. The molecule has 0 amide bonds. The van der Waals surface area contributed by atoms with Gasteiger partial charge in [-0.1, -0.05) is 27.2 Å². The van der Waals surface area contributed by atoms with Gasteiger partial charge in [0.25, 0.3) is 0 Å². The van der Waals surface area contributed by atoms with Crippen LogP contribution in [0.15, 0.2) is 0 Å². The summed E-state index contributed by atoms with van der Waals surface area (Å²) >= 11 is 0. The minimum Gasteiger partial charge on any atom is -0.392 e. The number of aliphatic hydroxyl groups excluding tert-OH is 1. The van der Waals surface area contributed by atoms with Crippen LogP contribution in [-0.4, -0.2) is 35.0 Å². The molecule has 0 heterocycles. The number of hydrogen-bond acceptors (Lipinski definition) is 3. The summed E-state index contributed by atoms with van der Waals surface area (Å²) in [4.78, 5) is 0. The molecule has 14 heavy (non-hydrogen) atoms. The largest absolute Gasteiger partial charge is 0.392 e. The first kappa shape index (κ1) is 13.9. The normalized spacial score (nSPS) is 20.1. The predicted octanol–water partition coefficient (Wildman–Crippen LogP) is 1.14. The molecule has 3 N–H and O–H groups in total. The van der Waals surface area contributed by atoms with E-state index in [1.807, 2.05) is 13.8 Å². The van der Waals surface area contributed by atoms with E-state index in [9.17, 15) is 10.2 Å². The Hall–Kier alpha value is -0.120. The van der Waals surface area contributed by atoms with Gasteiger partial charge in [0, 0.05) is 13.0 Å². The van der Waals surface area contributed by atoms with E-state index >= 15 is 0 Å². The van der Waals surface area contributed by atoms with Gasteiger partial charge in [-0.05, 0) is 19.4 Å². The quantitative estimate of drug-likeness (QED) is 0.581. The summed E-state index contributed by atoms with van der Waals surface area (Å²) in [6, 6.07) is 0. The van der Waals surface area contributed by atoms with E-state index in [0.717, 1.165) is 13.0 Å². The molecule has 0 aromatic carbocycles. The molecule has 0 bridgehead atoms. The molecular formula is C11H25NO2. The lowest BCUT2D eigenvalue weighted by Gasteiger charge is -2.31. The molecule has 0 aliphatic carbocycles. The molecule has 3 heteroatoms. The fourth-order valence-corrected chi connectivity index (χ4v) is 1.50. The van der Waals surface area contributed by atoms with E-state index in [1.165, 1.54) is 0 Å². The van der Waals surface area contributed by atoms with Crippen LogP contribution in [0.2, 0.25) is 0 Å². The van der Waals surface area contributed by atoms with Gasteiger partial charge in [0.1, 0.15) is 0 Å². The molecule has 3 nitrogen and oxygen atoms in total. The molecule has 3 atom stereocenters. The summed E-state index contributed by atoms with van der Waals surface area (Å²) in [5.41, 5.74) is -0.760. The summed E-state index contributed by atoms with van der Waals surface area (Å²) in [5.74, 6) is 0.221. The van der Waals surface area contributed by atoms with Crippen molar-refractivity contribution in [3.05, 3.63) is 0 Å². The monoisotopic (exact) mass is 203 g/mol. The lowest BCUT2D eigenvalue weighted by molar-refractivity contribution is -0.0367. The number of likely N-dealkylation sites (N-methyl/N-ethyl adjacent to an activating group) is 1. The summed E-state index contributed by atoms with van der Waals surface area (Å²) in [7, 11) is 0. The number of aliphatic hydroxyl groups is 2. The average Bonchev–Trinajstić information content (AvgIpc) is 2.12. The Kier molecular flexibility index (Phi) is 6.33. The smallest absolute Gasteiger partial charge is 0.0691 e. The molecule has 0 aromatic heterocycles. The average molecular weight is 203 g/mol. The van der Waals surface area contributed by atoms with Gasteiger partial charge in [0.05, 0.1) is 11.7 Å². The maximum absolute atomic E-state index is 10.1. The Morgan fingerprint density at radius 2 is 1.93 bits per heavy atom. The van der Waals surface area contributed by atoms with Crippen molar-refractivity contribution in [3.63, 3.8) is 0 Å². The second-order valence-corrected chi connectivity index (χ2v) is 4.33. The maximum Gasteiger partial charge on any atom is 0.0691 e. The summed E-state index contributed by atoms with van der Waals surface area (Å²) in [5, 5.41) is 22.8. The molecule has 86 valence electrons. The molecule has 0 saturated carbocycles. The third-order valence-corrected chi connectivity index (χ3v) is 2.95. The first-order valence-electron chi connectivity index (χ1n) is 5.55. The number of nitrogens with one attached hydrogen (secondary N) is 1. The van der Waals surface area contributed by atoms with Crippen molar-refractivity contribution in [1.82, 2.24) is 5.32 Å². The van der Waals surface area contributed by atoms with Crippen LogP contribution in [-0.2, 0) is 0 Å². The Morgan fingerprint density at radius 3 is 2.36 bits per heavy atom. The Labute approximate surface area is 87.5 Å². The highest BCUT2D eigenvalue weighted by Crippen LogP contribution is 2.24. The van der Waals surface area contributed by atoms with Crippen molar-refractivity contribution in [2.45, 2.75) is 52.2 Å². The summed E-state index contributed by atoms with van der Waals surface area (Å²) < 4.78 is 0. The summed E-state index contributed by atoms with van der Waals surface area (Å²) in [6.07, 6.45) is 0.912. The zero-order chi connectivity index (χ0) is 11.2. The molecule has 0 aliphatic heterocycles. The molecule has 0 aliphatic rings. The zero-order valence-corrected chi connectivity index (χ0v) is 9.88. The van der Waals surface area contributed by atoms with Gasteiger partial charge < -0.3 is 15.5 Å². The minimum atomic E-state index is -0.760. The van der Waals surface area contributed by atoms with Crippen LogP contribution in [0, 0.1) is 5.92 Å². The van der Waals surface area contributed by atoms with Crippen LogP contribution >= 0.6 is 0 Å². The standard InChI is InChI=1S/C11H25NO2/c1-5-9(3)11(4,14)7-10(13)8-12-6-2/h9-10,12-14H,5-8H2,1-4H3/t9-,10-,11+/m1/s1. The highest BCUT2D eigenvalue weighted by atomic mass is 16.3. The Bertz CT molecular complexity index is 148. The Balaban J connectivity index is 3.94. The van der Waals surface area contributed by atoms with Gasteiger partial charge in [-0.3, -0.25) is 0 Å². The number of rotatable bonds is 7. The van der Waals surface area contributed by atoms with Crippen LogP contribution in [0.3, 0.4) is 0 Å². The van der Waals surface area contributed by atoms with Gasteiger partial charge in [-0.2, -0.15) is 0 Å². The second kappa shape index (κ2) is 6.38. The molecule has 0 unspecified atom stereocenters.